The molecule has 2 nitrogen and oxygen atoms in total. The Bertz CT molecular complexity index is 610. The number of nitrogens with one attached hydrogen (secondary N) is 1. The number of benzene rings is 1. The third-order valence-corrected chi connectivity index (χ3v) is 4.47. The Morgan fingerprint density at radius 2 is 2.22 bits per heavy atom. The molecule has 1 aromatic carbocycles. The van der Waals surface area contributed by atoms with E-state index < -0.39 is 0 Å². The van der Waals surface area contributed by atoms with Crippen LogP contribution in [0, 0.1) is 5.82 Å². The standard InChI is InChI=1S/C15H16FNO/c16-10-2-3-13-11(8-10)12-9-15(5-1-7-18-15)6-4-14(12)17-13/h2-3,8,17H,1,4-7,9H2. The smallest absolute Gasteiger partial charge is 0.123 e. The molecule has 2 heterocycles. The molecular formula is C15H16FNO. The number of hydrogen-bond acceptors (Lipinski definition) is 1. The molecule has 3 heteroatoms. The molecule has 4 rings (SSSR count). The summed E-state index contributed by atoms with van der Waals surface area (Å²) in [6.07, 6.45) is 5.35. The summed E-state index contributed by atoms with van der Waals surface area (Å²) >= 11 is 0. The summed E-state index contributed by atoms with van der Waals surface area (Å²) in [5.41, 5.74) is 3.64. The molecule has 1 unspecified atom stereocenters. The van der Waals surface area contributed by atoms with Gasteiger partial charge in [0.05, 0.1) is 5.60 Å². The molecule has 1 aliphatic carbocycles. The lowest BCUT2D eigenvalue weighted by Gasteiger charge is -2.32. The number of aromatic amines is 1. The van der Waals surface area contributed by atoms with E-state index in [1.807, 2.05) is 6.07 Å². The van der Waals surface area contributed by atoms with Crippen LogP contribution in [0.4, 0.5) is 4.39 Å². The van der Waals surface area contributed by atoms with E-state index in [2.05, 4.69) is 4.98 Å². The number of H-pyrrole nitrogens is 1. The van der Waals surface area contributed by atoms with Gasteiger partial charge in [-0.1, -0.05) is 0 Å². The Labute approximate surface area is 105 Å². The van der Waals surface area contributed by atoms with E-state index in [1.54, 1.807) is 6.07 Å². The summed E-state index contributed by atoms with van der Waals surface area (Å²) in [6, 6.07) is 5.01. The highest BCUT2D eigenvalue weighted by Gasteiger charge is 2.39. The van der Waals surface area contributed by atoms with Crippen molar-refractivity contribution in [3.05, 3.63) is 35.3 Å². The van der Waals surface area contributed by atoms with E-state index in [-0.39, 0.29) is 11.4 Å². The normalized spacial score (nSPS) is 26.9. The topological polar surface area (TPSA) is 25.0 Å². The molecule has 1 spiro atoms. The third kappa shape index (κ3) is 1.43. The largest absolute Gasteiger partial charge is 0.375 e. The second-order valence-electron chi connectivity index (χ2n) is 5.58. The summed E-state index contributed by atoms with van der Waals surface area (Å²) in [5, 5.41) is 1.04. The zero-order valence-electron chi connectivity index (χ0n) is 10.3. The first-order valence-electron chi connectivity index (χ1n) is 6.69. The van der Waals surface area contributed by atoms with Gasteiger partial charge in [-0.05, 0) is 49.4 Å². The van der Waals surface area contributed by atoms with Crippen molar-refractivity contribution < 1.29 is 9.13 Å². The SMILES string of the molecule is Fc1ccc2[nH]c3c(c2c1)CC1(CCCO1)CC3. The molecule has 0 amide bonds. The van der Waals surface area contributed by atoms with Gasteiger partial charge in [0.15, 0.2) is 0 Å². The maximum absolute atomic E-state index is 13.4. The molecule has 0 bridgehead atoms. The molecule has 1 aromatic heterocycles. The van der Waals surface area contributed by atoms with Crippen LogP contribution in [0.1, 0.15) is 30.5 Å². The van der Waals surface area contributed by atoms with Crippen LogP contribution in [0.5, 0.6) is 0 Å². The first-order valence-corrected chi connectivity index (χ1v) is 6.69. The lowest BCUT2D eigenvalue weighted by atomic mass is 9.81. The summed E-state index contributed by atoms with van der Waals surface area (Å²) in [5.74, 6) is -0.156. The van der Waals surface area contributed by atoms with Crippen molar-refractivity contribution in [1.29, 1.82) is 0 Å². The minimum Gasteiger partial charge on any atom is -0.375 e. The highest BCUT2D eigenvalue weighted by molar-refractivity contribution is 5.85. The first-order chi connectivity index (χ1) is 8.76. The van der Waals surface area contributed by atoms with Crippen LogP contribution in [0.2, 0.25) is 0 Å². The highest BCUT2D eigenvalue weighted by atomic mass is 19.1. The van der Waals surface area contributed by atoms with Gasteiger partial charge in [0, 0.05) is 29.6 Å². The zero-order valence-corrected chi connectivity index (χ0v) is 10.3. The van der Waals surface area contributed by atoms with Gasteiger partial charge >= 0.3 is 0 Å². The van der Waals surface area contributed by atoms with E-state index in [0.717, 1.165) is 49.6 Å². The minimum atomic E-state index is -0.156. The Hall–Kier alpha value is -1.35. The summed E-state index contributed by atoms with van der Waals surface area (Å²) in [7, 11) is 0. The number of aromatic nitrogens is 1. The van der Waals surface area contributed by atoms with Gasteiger partial charge < -0.3 is 9.72 Å². The van der Waals surface area contributed by atoms with Gasteiger partial charge in [-0.2, -0.15) is 0 Å². The molecule has 1 N–H and O–H groups in total. The number of hydrogen-bond donors (Lipinski definition) is 1. The Kier molecular flexibility index (Phi) is 2.10. The number of aryl methyl sites for hydroxylation is 1. The predicted octanol–water partition coefficient (Wildman–Crippen LogP) is 3.34. The fourth-order valence-corrected chi connectivity index (χ4v) is 3.55. The van der Waals surface area contributed by atoms with Gasteiger partial charge in [0.1, 0.15) is 5.82 Å². The number of ether oxygens (including phenoxy) is 1. The van der Waals surface area contributed by atoms with E-state index in [9.17, 15) is 4.39 Å². The van der Waals surface area contributed by atoms with Crippen LogP contribution in [-0.4, -0.2) is 17.2 Å². The van der Waals surface area contributed by atoms with Gasteiger partial charge in [0.25, 0.3) is 0 Å². The minimum absolute atomic E-state index is 0.0362. The molecule has 0 saturated carbocycles. The van der Waals surface area contributed by atoms with Gasteiger partial charge in [-0.25, -0.2) is 4.39 Å². The van der Waals surface area contributed by atoms with E-state index >= 15 is 0 Å². The van der Waals surface area contributed by atoms with Crippen LogP contribution >= 0.6 is 0 Å². The Morgan fingerprint density at radius 1 is 1.28 bits per heavy atom. The Morgan fingerprint density at radius 3 is 3.06 bits per heavy atom. The van der Waals surface area contributed by atoms with Crippen molar-refractivity contribution in [3.8, 4) is 0 Å². The molecule has 1 saturated heterocycles. The van der Waals surface area contributed by atoms with Gasteiger partial charge in [0.2, 0.25) is 0 Å². The average Bonchev–Trinajstić information content (AvgIpc) is 2.95. The highest BCUT2D eigenvalue weighted by Crippen LogP contribution is 2.41. The second kappa shape index (κ2) is 3.58. The fourth-order valence-electron chi connectivity index (χ4n) is 3.55. The first kappa shape index (κ1) is 10.6. The van der Waals surface area contributed by atoms with Crippen molar-refractivity contribution in [2.24, 2.45) is 0 Å². The van der Waals surface area contributed by atoms with Crippen LogP contribution in [0.3, 0.4) is 0 Å². The number of halogens is 1. The molecule has 18 heavy (non-hydrogen) atoms. The number of fused-ring (bicyclic) bond motifs is 3. The molecule has 1 fully saturated rings. The average molecular weight is 245 g/mol. The van der Waals surface area contributed by atoms with Crippen LogP contribution in [-0.2, 0) is 17.6 Å². The Balaban J connectivity index is 1.86. The van der Waals surface area contributed by atoms with Crippen LogP contribution < -0.4 is 0 Å². The van der Waals surface area contributed by atoms with E-state index in [0.29, 0.717) is 0 Å². The zero-order chi connectivity index (χ0) is 12.2. The molecule has 1 atom stereocenters. The molecule has 2 aromatic rings. The van der Waals surface area contributed by atoms with E-state index in [1.165, 1.54) is 17.3 Å². The van der Waals surface area contributed by atoms with Crippen molar-refractivity contribution in [2.45, 2.75) is 37.7 Å². The monoisotopic (exact) mass is 245 g/mol. The van der Waals surface area contributed by atoms with Crippen molar-refractivity contribution in [1.82, 2.24) is 4.98 Å². The predicted molar refractivity (Wildman–Crippen MR) is 68.2 cm³/mol. The second-order valence-corrected chi connectivity index (χ2v) is 5.58. The van der Waals surface area contributed by atoms with Gasteiger partial charge in [-0.15, -0.1) is 0 Å². The fraction of sp³-hybridized carbons (Fsp3) is 0.467. The van der Waals surface area contributed by atoms with Crippen LogP contribution in [0.15, 0.2) is 18.2 Å². The van der Waals surface area contributed by atoms with Gasteiger partial charge in [-0.3, -0.25) is 0 Å². The van der Waals surface area contributed by atoms with E-state index in [4.69, 9.17) is 4.74 Å². The molecule has 0 radical (unpaired) electrons. The molecule has 2 aliphatic rings. The lowest BCUT2D eigenvalue weighted by Crippen LogP contribution is -2.34. The maximum Gasteiger partial charge on any atom is 0.123 e. The quantitative estimate of drug-likeness (QED) is 0.756. The van der Waals surface area contributed by atoms with Crippen molar-refractivity contribution in [2.75, 3.05) is 6.61 Å². The molecule has 1 aliphatic heterocycles. The van der Waals surface area contributed by atoms with Crippen molar-refractivity contribution >= 4 is 10.9 Å². The number of rotatable bonds is 0. The summed E-state index contributed by atoms with van der Waals surface area (Å²) in [6.45, 7) is 0.881. The molecular weight excluding hydrogens is 229 g/mol. The lowest BCUT2D eigenvalue weighted by molar-refractivity contribution is -0.00647. The third-order valence-electron chi connectivity index (χ3n) is 4.47. The molecule has 94 valence electrons. The maximum atomic E-state index is 13.4. The summed E-state index contributed by atoms with van der Waals surface area (Å²) in [4.78, 5) is 3.43. The van der Waals surface area contributed by atoms with Crippen molar-refractivity contribution in [3.63, 3.8) is 0 Å². The summed E-state index contributed by atoms with van der Waals surface area (Å²) < 4.78 is 19.4. The van der Waals surface area contributed by atoms with Crippen LogP contribution in [0.25, 0.3) is 10.9 Å².